The van der Waals surface area contributed by atoms with Crippen molar-refractivity contribution < 1.29 is 33.2 Å². The molecule has 2 heterocycles. The maximum Gasteiger partial charge on any atom is 0.475 e. The fraction of sp³-hybridized carbons (Fsp3) is 0.560. The Bertz CT molecular complexity index is 1030. The number of carbonyl (C=O) groups is 2. The van der Waals surface area contributed by atoms with Crippen LogP contribution in [0.15, 0.2) is 42.1 Å². The third-order valence-corrected chi connectivity index (χ3v) is 6.82. The molecular weight excluding hydrogens is 485 g/mol. The largest absolute Gasteiger partial charge is 0.475 e. The normalized spacial score (nSPS) is 20.8. The van der Waals surface area contributed by atoms with Gasteiger partial charge in [0.05, 0.1) is 25.1 Å². The summed E-state index contributed by atoms with van der Waals surface area (Å²) >= 11 is 0. The Morgan fingerprint density at radius 3 is 2.62 bits per heavy atom. The zero-order valence-electron chi connectivity index (χ0n) is 21.1. The average Bonchev–Trinajstić information content (AvgIpc) is 3.47. The summed E-state index contributed by atoms with van der Waals surface area (Å²) in [6.45, 7) is 10.9. The summed E-state index contributed by atoms with van der Waals surface area (Å²) in [4.78, 5) is 32.0. The lowest BCUT2D eigenvalue weighted by atomic mass is 9.76. The van der Waals surface area contributed by atoms with E-state index < -0.39 is 49.1 Å². The first-order valence-corrected chi connectivity index (χ1v) is 12.3. The minimum absolute atomic E-state index is 0.135. The highest BCUT2D eigenvalue weighted by Crippen LogP contribution is 2.33. The summed E-state index contributed by atoms with van der Waals surface area (Å²) < 4.78 is 32.7. The first kappa shape index (κ1) is 28.6. The van der Waals surface area contributed by atoms with Crippen LogP contribution in [0.2, 0.25) is 0 Å². The zero-order chi connectivity index (χ0) is 27.2. The Labute approximate surface area is 216 Å². The van der Waals surface area contributed by atoms with Gasteiger partial charge in [0.25, 0.3) is 11.8 Å². The van der Waals surface area contributed by atoms with Crippen LogP contribution in [0.5, 0.6) is 0 Å². The van der Waals surface area contributed by atoms with E-state index in [4.69, 9.17) is 11.3 Å². The number of alkyl halides is 2. The van der Waals surface area contributed by atoms with Gasteiger partial charge in [0.1, 0.15) is 6.61 Å². The van der Waals surface area contributed by atoms with Crippen LogP contribution in [0.4, 0.5) is 13.6 Å². The SMILES string of the molecule is [C-]#[N+]C(=CC(C)(C)N1CCC(F)(F)C1)C(=O)N1CCC[C@@H]1COC(=O)N[C@@H](Cc1ccccc1)B(O)O. The van der Waals surface area contributed by atoms with Gasteiger partial charge in [0, 0.05) is 25.0 Å². The molecule has 0 unspecified atom stereocenters. The predicted octanol–water partition coefficient (Wildman–Crippen LogP) is 2.25. The summed E-state index contributed by atoms with van der Waals surface area (Å²) in [5.41, 5.74) is -0.282. The van der Waals surface area contributed by atoms with Gasteiger partial charge < -0.3 is 25.0 Å². The van der Waals surface area contributed by atoms with Crippen molar-refractivity contribution in [3.8, 4) is 0 Å². The number of ether oxygens (including phenoxy) is 1. The molecule has 3 rings (SSSR count). The van der Waals surface area contributed by atoms with Crippen LogP contribution in [0.25, 0.3) is 4.85 Å². The summed E-state index contributed by atoms with van der Waals surface area (Å²) in [6.07, 6.45) is 1.70. The molecule has 12 heteroatoms. The molecule has 0 radical (unpaired) electrons. The van der Waals surface area contributed by atoms with Crippen molar-refractivity contribution in [3.63, 3.8) is 0 Å². The van der Waals surface area contributed by atoms with Crippen molar-refractivity contribution in [1.82, 2.24) is 15.1 Å². The van der Waals surface area contributed by atoms with E-state index in [0.717, 1.165) is 5.56 Å². The standard InChI is InChI=1S/C25H33BF2N4O5/c1-24(2,31-13-11-25(27,28)17-31)15-20(29-3)22(33)32-12-7-10-19(32)16-37-23(34)30-21(26(35)36)14-18-8-5-4-6-9-18/h4-6,8-9,15,19,21,35-36H,7,10-14,16-17H2,1-2H3,(H,30,34)/t19-,21+/m1/s1. The van der Waals surface area contributed by atoms with Crippen molar-refractivity contribution in [2.45, 2.75) is 63.0 Å². The molecule has 0 aromatic heterocycles. The number of nitrogens with one attached hydrogen (secondary N) is 1. The van der Waals surface area contributed by atoms with Crippen molar-refractivity contribution in [3.05, 3.63) is 59.1 Å². The van der Waals surface area contributed by atoms with Gasteiger partial charge in [-0.25, -0.2) is 18.4 Å². The first-order chi connectivity index (χ1) is 17.4. The number of rotatable bonds is 9. The van der Waals surface area contributed by atoms with Gasteiger partial charge in [0.15, 0.2) is 0 Å². The predicted molar refractivity (Wildman–Crippen MR) is 133 cm³/mol. The smallest absolute Gasteiger partial charge is 0.447 e. The molecule has 2 atom stereocenters. The van der Waals surface area contributed by atoms with Gasteiger partial charge in [-0.05, 0) is 38.7 Å². The van der Waals surface area contributed by atoms with Gasteiger partial charge in [-0.3, -0.25) is 9.69 Å². The maximum absolute atomic E-state index is 13.7. The highest BCUT2D eigenvalue weighted by atomic mass is 19.3. The molecular formula is C25H33BF2N4O5. The Hall–Kier alpha value is -3.01. The molecule has 1 aromatic carbocycles. The van der Waals surface area contributed by atoms with Crippen LogP contribution in [-0.4, -0.2) is 88.7 Å². The number of amides is 2. The van der Waals surface area contributed by atoms with E-state index in [1.165, 1.54) is 11.0 Å². The summed E-state index contributed by atoms with van der Waals surface area (Å²) in [6, 6.07) is 8.55. The third-order valence-electron chi connectivity index (χ3n) is 6.82. The fourth-order valence-corrected chi connectivity index (χ4v) is 4.68. The maximum atomic E-state index is 13.7. The molecule has 2 saturated heterocycles. The molecule has 2 amide bonds. The number of halogens is 2. The van der Waals surface area contributed by atoms with Crippen LogP contribution < -0.4 is 5.32 Å². The van der Waals surface area contributed by atoms with Crippen molar-refractivity contribution >= 4 is 19.1 Å². The summed E-state index contributed by atoms with van der Waals surface area (Å²) in [5, 5.41) is 21.8. The van der Waals surface area contributed by atoms with Crippen LogP contribution in [0.3, 0.4) is 0 Å². The minimum atomic E-state index is -2.79. The minimum Gasteiger partial charge on any atom is -0.447 e. The number of likely N-dealkylation sites (tertiary alicyclic amines) is 2. The van der Waals surface area contributed by atoms with Crippen LogP contribution in [0, 0.1) is 6.57 Å². The van der Waals surface area contributed by atoms with E-state index in [1.807, 2.05) is 6.07 Å². The molecule has 9 nitrogen and oxygen atoms in total. The van der Waals surface area contributed by atoms with E-state index in [1.54, 1.807) is 43.0 Å². The lowest BCUT2D eigenvalue weighted by molar-refractivity contribution is -0.128. The second-order valence-electron chi connectivity index (χ2n) is 10.1. The molecule has 3 N–H and O–H groups in total. The molecule has 2 aliphatic rings. The zero-order valence-corrected chi connectivity index (χ0v) is 21.1. The number of nitrogens with zero attached hydrogens (tertiary/aromatic N) is 3. The quantitative estimate of drug-likeness (QED) is 0.263. The topological polar surface area (TPSA) is 107 Å². The molecule has 0 saturated carbocycles. The van der Waals surface area contributed by atoms with E-state index >= 15 is 0 Å². The van der Waals surface area contributed by atoms with Gasteiger partial charge in [-0.1, -0.05) is 36.4 Å². The molecule has 2 fully saturated rings. The average molecular weight is 518 g/mol. The summed E-state index contributed by atoms with van der Waals surface area (Å²) in [5.74, 6) is -4.32. The van der Waals surface area contributed by atoms with Crippen molar-refractivity contribution in [2.24, 2.45) is 0 Å². The van der Waals surface area contributed by atoms with E-state index in [-0.39, 0.29) is 31.7 Å². The van der Waals surface area contributed by atoms with Gasteiger partial charge >= 0.3 is 13.2 Å². The number of hydrogen-bond donors (Lipinski definition) is 3. The van der Waals surface area contributed by atoms with Gasteiger partial charge in [-0.2, -0.15) is 0 Å². The fourth-order valence-electron chi connectivity index (χ4n) is 4.68. The Balaban J connectivity index is 1.59. The van der Waals surface area contributed by atoms with Crippen LogP contribution >= 0.6 is 0 Å². The molecule has 0 spiro atoms. The van der Waals surface area contributed by atoms with Crippen LogP contribution in [-0.2, 0) is 16.0 Å². The van der Waals surface area contributed by atoms with Gasteiger partial charge in [-0.15, -0.1) is 0 Å². The second kappa shape index (κ2) is 12.0. The lowest BCUT2D eigenvalue weighted by Gasteiger charge is -2.33. The van der Waals surface area contributed by atoms with Crippen LogP contribution in [0.1, 0.15) is 38.7 Å². The first-order valence-electron chi connectivity index (χ1n) is 12.3. The molecule has 2 aliphatic heterocycles. The summed E-state index contributed by atoms with van der Waals surface area (Å²) in [7, 11) is -1.80. The lowest BCUT2D eigenvalue weighted by Crippen LogP contribution is -2.49. The molecule has 0 aliphatic carbocycles. The number of hydrogen-bond acceptors (Lipinski definition) is 6. The van der Waals surface area contributed by atoms with Crippen molar-refractivity contribution in [2.75, 3.05) is 26.2 Å². The molecule has 37 heavy (non-hydrogen) atoms. The number of benzene rings is 1. The Morgan fingerprint density at radius 1 is 1.32 bits per heavy atom. The molecule has 200 valence electrons. The highest BCUT2D eigenvalue weighted by molar-refractivity contribution is 6.43. The second-order valence-corrected chi connectivity index (χ2v) is 10.1. The Morgan fingerprint density at radius 2 is 2.03 bits per heavy atom. The van der Waals surface area contributed by atoms with E-state index in [0.29, 0.717) is 19.4 Å². The highest BCUT2D eigenvalue weighted by Gasteiger charge is 2.43. The molecule has 1 aromatic rings. The van der Waals surface area contributed by atoms with Crippen molar-refractivity contribution in [1.29, 1.82) is 0 Å². The van der Waals surface area contributed by atoms with Gasteiger partial charge in [0.2, 0.25) is 5.70 Å². The number of alkyl carbamates (subject to hydrolysis) is 1. The Kier molecular flexibility index (Phi) is 9.28. The number of carbonyl (C=O) groups excluding carboxylic acids is 2. The molecule has 0 bridgehead atoms. The third kappa shape index (κ3) is 7.74. The monoisotopic (exact) mass is 518 g/mol. The van der Waals surface area contributed by atoms with E-state index in [9.17, 15) is 28.4 Å². The van der Waals surface area contributed by atoms with E-state index in [2.05, 4.69) is 10.2 Å².